The van der Waals surface area contributed by atoms with Crippen molar-refractivity contribution in [2.75, 3.05) is 13.2 Å². The van der Waals surface area contributed by atoms with Crippen LogP contribution in [0.4, 0.5) is 0 Å². The van der Waals surface area contributed by atoms with Crippen molar-refractivity contribution in [2.45, 2.75) is 13.0 Å². The molecule has 0 spiro atoms. The van der Waals surface area contributed by atoms with Crippen LogP contribution in [0.25, 0.3) is 0 Å². The summed E-state index contributed by atoms with van der Waals surface area (Å²) < 4.78 is 0. The minimum absolute atomic E-state index is 0.290. The second kappa shape index (κ2) is 6.38. The Morgan fingerprint density at radius 3 is 2.41 bits per heavy atom. The van der Waals surface area contributed by atoms with Crippen LogP contribution in [0, 0.1) is 0 Å². The first-order chi connectivity index (χ1) is 8.40. The van der Waals surface area contributed by atoms with Crippen molar-refractivity contribution in [3.63, 3.8) is 0 Å². The number of hydrogen-bond donors (Lipinski definition) is 1. The highest BCUT2D eigenvalue weighted by molar-refractivity contribution is 5.42. The van der Waals surface area contributed by atoms with Crippen molar-refractivity contribution in [2.24, 2.45) is 5.73 Å². The van der Waals surface area contributed by atoms with Gasteiger partial charge in [0, 0.05) is 13.0 Å². The van der Waals surface area contributed by atoms with E-state index in [2.05, 4.69) is 10.1 Å². The van der Waals surface area contributed by atoms with Crippen LogP contribution in [0.5, 0.6) is 11.5 Å². The van der Waals surface area contributed by atoms with Gasteiger partial charge in [0.25, 0.3) is 0 Å². The third kappa shape index (κ3) is 3.55. The third-order valence-electron chi connectivity index (χ3n) is 2.04. The Morgan fingerprint density at radius 2 is 1.71 bits per heavy atom. The SMILES string of the molecule is NCc1ccc2c(c1)OOOCCCOOO2. The lowest BCUT2D eigenvalue weighted by Crippen LogP contribution is -2.03. The largest absolute Gasteiger partial charge is 0.326 e. The van der Waals surface area contributed by atoms with E-state index >= 15 is 0 Å². The van der Waals surface area contributed by atoms with Crippen molar-refractivity contribution in [1.29, 1.82) is 0 Å². The van der Waals surface area contributed by atoms with Crippen LogP contribution in [0.2, 0.25) is 0 Å². The molecule has 7 heteroatoms. The number of benzene rings is 1. The number of rotatable bonds is 1. The van der Waals surface area contributed by atoms with Gasteiger partial charge in [-0.05, 0) is 27.8 Å². The zero-order valence-electron chi connectivity index (χ0n) is 9.09. The molecule has 0 fully saturated rings. The van der Waals surface area contributed by atoms with Gasteiger partial charge in [0.1, 0.15) is 0 Å². The van der Waals surface area contributed by atoms with Crippen LogP contribution in [0.3, 0.4) is 0 Å². The maximum atomic E-state index is 5.51. The van der Waals surface area contributed by atoms with Crippen molar-refractivity contribution in [3.8, 4) is 11.5 Å². The van der Waals surface area contributed by atoms with E-state index < -0.39 is 0 Å². The van der Waals surface area contributed by atoms with E-state index in [4.69, 9.17) is 25.3 Å². The smallest absolute Gasteiger partial charge is 0.215 e. The minimum Gasteiger partial charge on any atom is -0.326 e. The molecule has 0 amide bonds. The van der Waals surface area contributed by atoms with Crippen LogP contribution in [0.1, 0.15) is 12.0 Å². The summed E-state index contributed by atoms with van der Waals surface area (Å²) in [5.41, 5.74) is 6.36. The summed E-state index contributed by atoms with van der Waals surface area (Å²) >= 11 is 0. The predicted molar refractivity (Wildman–Crippen MR) is 54.3 cm³/mol. The van der Waals surface area contributed by atoms with E-state index in [1.54, 1.807) is 18.2 Å². The summed E-state index contributed by atoms with van der Waals surface area (Å²) in [5, 5.41) is 9.10. The molecule has 1 aromatic carbocycles. The van der Waals surface area contributed by atoms with Crippen molar-refractivity contribution < 1.29 is 29.6 Å². The molecule has 0 saturated heterocycles. The molecular formula is C10H13NO6. The Morgan fingerprint density at radius 1 is 1.00 bits per heavy atom. The summed E-state index contributed by atoms with van der Waals surface area (Å²) in [5.74, 6) is 0.589. The van der Waals surface area contributed by atoms with E-state index in [9.17, 15) is 0 Å². The Hall–Kier alpha value is -1.38. The molecule has 0 saturated carbocycles. The number of nitrogens with two attached hydrogens (primary N) is 1. The number of hydrogen-bond acceptors (Lipinski definition) is 7. The van der Waals surface area contributed by atoms with Gasteiger partial charge in [0.15, 0.2) is 0 Å². The Labute approximate surface area is 97.6 Å². The van der Waals surface area contributed by atoms with Crippen molar-refractivity contribution >= 4 is 0 Å². The van der Waals surface area contributed by atoms with Crippen LogP contribution in [0.15, 0.2) is 18.2 Å². The Bertz CT molecular complexity index is 359. The zero-order valence-corrected chi connectivity index (χ0v) is 9.09. The van der Waals surface area contributed by atoms with Crippen molar-refractivity contribution in [3.05, 3.63) is 23.8 Å². The monoisotopic (exact) mass is 243 g/mol. The molecule has 2 N–H and O–H groups in total. The van der Waals surface area contributed by atoms with Gasteiger partial charge < -0.3 is 15.5 Å². The summed E-state index contributed by atoms with van der Waals surface area (Å²) in [7, 11) is 0. The van der Waals surface area contributed by atoms with Gasteiger partial charge in [0.05, 0.1) is 13.2 Å². The lowest BCUT2D eigenvalue weighted by molar-refractivity contribution is -0.467. The van der Waals surface area contributed by atoms with Crippen LogP contribution >= 0.6 is 0 Å². The molecule has 1 aromatic rings. The molecule has 17 heavy (non-hydrogen) atoms. The summed E-state index contributed by atoms with van der Waals surface area (Å²) in [6.07, 6.45) is 0.580. The molecule has 1 aliphatic rings. The van der Waals surface area contributed by atoms with Crippen molar-refractivity contribution in [1.82, 2.24) is 0 Å². The molecule has 0 radical (unpaired) electrons. The first kappa shape index (κ1) is 12.1. The van der Waals surface area contributed by atoms with Gasteiger partial charge in [-0.15, -0.1) is 0 Å². The highest BCUT2D eigenvalue weighted by Crippen LogP contribution is 2.29. The molecule has 0 aliphatic carbocycles. The lowest BCUT2D eigenvalue weighted by atomic mass is 10.2. The highest BCUT2D eigenvalue weighted by Gasteiger charge is 2.11. The molecule has 1 aliphatic heterocycles. The summed E-state index contributed by atoms with van der Waals surface area (Å²) in [4.78, 5) is 19.3. The summed E-state index contributed by atoms with van der Waals surface area (Å²) in [6.45, 7) is 1.00. The highest BCUT2D eigenvalue weighted by atomic mass is 17.5. The second-order valence-corrected chi connectivity index (χ2v) is 3.29. The standard InChI is InChI=1S/C10H13NO6/c11-7-8-2-3-9-10(6-8)15-17-13-5-1-4-12-16-14-9/h2-3,6H,1,4-5,7,11H2. The molecule has 2 rings (SSSR count). The molecule has 0 atom stereocenters. The Kier molecular flexibility index (Phi) is 4.54. The van der Waals surface area contributed by atoms with E-state index in [0.29, 0.717) is 37.7 Å². The zero-order chi connectivity index (χ0) is 11.9. The van der Waals surface area contributed by atoms with Gasteiger partial charge in [-0.25, -0.2) is 0 Å². The fraction of sp³-hybridized carbons (Fsp3) is 0.400. The van der Waals surface area contributed by atoms with Gasteiger partial charge in [-0.3, -0.25) is 0 Å². The minimum atomic E-state index is 0.290. The van der Waals surface area contributed by atoms with Gasteiger partial charge in [0.2, 0.25) is 11.5 Å². The topological polar surface area (TPSA) is 81.4 Å². The summed E-state index contributed by atoms with van der Waals surface area (Å²) in [6, 6.07) is 5.05. The first-order valence-electron chi connectivity index (χ1n) is 5.15. The van der Waals surface area contributed by atoms with Crippen LogP contribution in [-0.2, 0) is 26.4 Å². The van der Waals surface area contributed by atoms with E-state index in [0.717, 1.165) is 5.56 Å². The molecule has 0 bridgehead atoms. The molecule has 0 aromatic heterocycles. The fourth-order valence-electron chi connectivity index (χ4n) is 1.18. The molecule has 7 nitrogen and oxygen atoms in total. The third-order valence-corrected chi connectivity index (χ3v) is 2.04. The Balaban J connectivity index is 2.12. The van der Waals surface area contributed by atoms with Gasteiger partial charge in [-0.2, -0.15) is 9.78 Å². The lowest BCUT2D eigenvalue weighted by Gasteiger charge is -2.08. The fourth-order valence-corrected chi connectivity index (χ4v) is 1.18. The quantitative estimate of drug-likeness (QED) is 0.738. The van der Waals surface area contributed by atoms with E-state index in [1.807, 2.05) is 0 Å². The molecule has 1 heterocycles. The van der Waals surface area contributed by atoms with E-state index in [1.165, 1.54) is 0 Å². The number of fused-ring (bicyclic) bond motifs is 1. The van der Waals surface area contributed by atoms with Gasteiger partial charge >= 0.3 is 0 Å². The average Bonchev–Trinajstić information content (AvgIpc) is 2.42. The van der Waals surface area contributed by atoms with Crippen LogP contribution < -0.4 is 15.5 Å². The van der Waals surface area contributed by atoms with E-state index in [-0.39, 0.29) is 0 Å². The molecular weight excluding hydrogens is 230 g/mol. The van der Waals surface area contributed by atoms with Gasteiger partial charge in [-0.1, -0.05) is 6.07 Å². The van der Waals surface area contributed by atoms with Crippen LogP contribution in [-0.4, -0.2) is 13.2 Å². The maximum absolute atomic E-state index is 5.51. The second-order valence-electron chi connectivity index (χ2n) is 3.29. The first-order valence-corrected chi connectivity index (χ1v) is 5.15. The average molecular weight is 243 g/mol. The normalized spacial score (nSPS) is 17.2. The molecule has 0 unspecified atom stereocenters. The maximum Gasteiger partial charge on any atom is 0.215 e. The predicted octanol–water partition coefficient (Wildman–Crippen LogP) is 1.03. The molecule has 94 valence electrons.